The van der Waals surface area contributed by atoms with E-state index in [-0.39, 0.29) is 5.91 Å². The summed E-state index contributed by atoms with van der Waals surface area (Å²) in [7, 11) is 3.56. The molecule has 2 aromatic rings. The summed E-state index contributed by atoms with van der Waals surface area (Å²) in [6.07, 6.45) is 3.24. The monoisotopic (exact) mass is 364 g/mol. The summed E-state index contributed by atoms with van der Waals surface area (Å²) >= 11 is 3.47. The number of halogens is 1. The highest BCUT2D eigenvalue weighted by molar-refractivity contribution is 9.10. The highest BCUT2D eigenvalue weighted by atomic mass is 79.9. The van der Waals surface area contributed by atoms with Gasteiger partial charge in [0.1, 0.15) is 5.82 Å². The molecule has 0 saturated heterocycles. The molecule has 0 aliphatic rings. The first-order valence-corrected chi connectivity index (χ1v) is 8.06. The molecule has 0 saturated carbocycles. The number of nitrogens with one attached hydrogen (secondary N) is 2. The van der Waals surface area contributed by atoms with E-state index in [1.807, 2.05) is 24.4 Å². The zero-order valence-electron chi connectivity index (χ0n) is 12.9. The van der Waals surface area contributed by atoms with Crippen LogP contribution in [-0.4, -0.2) is 41.4 Å². The normalized spacial score (nSPS) is 10.7. The number of benzene rings is 1. The van der Waals surface area contributed by atoms with Gasteiger partial charge < -0.3 is 15.2 Å². The number of hydrogen-bond acceptors (Lipinski definition) is 3. The van der Waals surface area contributed by atoms with Gasteiger partial charge in [0.05, 0.1) is 18.4 Å². The van der Waals surface area contributed by atoms with Gasteiger partial charge in [-0.2, -0.15) is 0 Å². The molecule has 1 aromatic heterocycles. The van der Waals surface area contributed by atoms with Gasteiger partial charge in [0, 0.05) is 30.6 Å². The van der Waals surface area contributed by atoms with Crippen molar-refractivity contribution in [2.45, 2.75) is 19.4 Å². The lowest BCUT2D eigenvalue weighted by molar-refractivity contribution is -0.128. The number of rotatable bonds is 7. The number of imidazole rings is 1. The van der Waals surface area contributed by atoms with E-state index in [0.717, 1.165) is 34.5 Å². The van der Waals surface area contributed by atoms with Crippen molar-refractivity contribution >= 4 is 21.8 Å². The van der Waals surface area contributed by atoms with E-state index in [4.69, 9.17) is 0 Å². The summed E-state index contributed by atoms with van der Waals surface area (Å²) in [6, 6.07) is 8.09. The Balaban J connectivity index is 1.77. The maximum absolute atomic E-state index is 11.4. The fourth-order valence-electron chi connectivity index (χ4n) is 2.05. The molecule has 0 spiro atoms. The number of aromatic nitrogens is 2. The maximum Gasteiger partial charge on any atom is 0.222 e. The molecule has 1 aromatic carbocycles. The minimum absolute atomic E-state index is 0.164. The molecule has 6 heteroatoms. The van der Waals surface area contributed by atoms with E-state index in [0.29, 0.717) is 13.0 Å². The molecule has 2 N–H and O–H groups in total. The van der Waals surface area contributed by atoms with Gasteiger partial charge in [0.15, 0.2) is 0 Å². The number of nitrogens with zero attached hydrogens (tertiary/aromatic N) is 2. The van der Waals surface area contributed by atoms with Crippen molar-refractivity contribution < 1.29 is 4.79 Å². The lowest BCUT2D eigenvalue weighted by Crippen LogP contribution is -2.23. The summed E-state index contributed by atoms with van der Waals surface area (Å²) < 4.78 is 1.05. The molecule has 0 atom stereocenters. The van der Waals surface area contributed by atoms with Crippen molar-refractivity contribution in [2.75, 3.05) is 20.6 Å². The summed E-state index contributed by atoms with van der Waals surface area (Å²) in [5.41, 5.74) is 2.10. The number of amides is 1. The number of carbonyl (C=O) groups is 1. The van der Waals surface area contributed by atoms with Gasteiger partial charge in [-0.3, -0.25) is 4.79 Å². The maximum atomic E-state index is 11.4. The van der Waals surface area contributed by atoms with E-state index in [1.165, 1.54) is 0 Å². The molecule has 0 aliphatic carbocycles. The molecule has 5 nitrogen and oxygen atoms in total. The molecule has 1 amide bonds. The van der Waals surface area contributed by atoms with Crippen molar-refractivity contribution in [1.82, 2.24) is 20.2 Å². The van der Waals surface area contributed by atoms with Gasteiger partial charge in [-0.25, -0.2) is 4.98 Å². The van der Waals surface area contributed by atoms with Crippen LogP contribution in [0.25, 0.3) is 11.3 Å². The van der Waals surface area contributed by atoms with Crippen LogP contribution in [0.15, 0.2) is 34.9 Å². The van der Waals surface area contributed by atoms with Crippen LogP contribution in [0.1, 0.15) is 18.7 Å². The van der Waals surface area contributed by atoms with Crippen LogP contribution in [0, 0.1) is 0 Å². The quantitative estimate of drug-likeness (QED) is 0.742. The first-order valence-electron chi connectivity index (χ1n) is 7.27. The van der Waals surface area contributed by atoms with Crippen molar-refractivity contribution in [3.63, 3.8) is 0 Å². The van der Waals surface area contributed by atoms with Crippen molar-refractivity contribution in [1.29, 1.82) is 0 Å². The van der Waals surface area contributed by atoms with Crippen LogP contribution in [-0.2, 0) is 11.3 Å². The highest BCUT2D eigenvalue weighted by Crippen LogP contribution is 2.21. The number of H-pyrrole nitrogens is 1. The molecule has 0 unspecified atom stereocenters. The molecule has 0 radical (unpaired) electrons. The Morgan fingerprint density at radius 2 is 2.23 bits per heavy atom. The van der Waals surface area contributed by atoms with Crippen LogP contribution in [0.3, 0.4) is 0 Å². The highest BCUT2D eigenvalue weighted by Gasteiger charge is 2.05. The SMILES string of the molecule is CN(C)C(=O)CCCNCc1ncc(-c2cccc(Br)c2)[nH]1. The van der Waals surface area contributed by atoms with Gasteiger partial charge >= 0.3 is 0 Å². The van der Waals surface area contributed by atoms with Crippen LogP contribution >= 0.6 is 15.9 Å². The van der Waals surface area contributed by atoms with Crippen LogP contribution in [0.4, 0.5) is 0 Å². The second-order valence-corrected chi connectivity index (χ2v) is 6.24. The predicted octanol–water partition coefficient (Wildman–Crippen LogP) is 2.80. The summed E-state index contributed by atoms with van der Waals surface area (Å²) in [5.74, 6) is 1.06. The standard InChI is InChI=1S/C16H21BrN4O/c1-21(2)16(22)7-4-8-18-11-15-19-10-14(20-15)12-5-3-6-13(17)9-12/h3,5-6,9-10,18H,4,7-8,11H2,1-2H3,(H,19,20). The molecule has 0 fully saturated rings. The average Bonchev–Trinajstić information content (AvgIpc) is 2.95. The molecular formula is C16H21BrN4O. The van der Waals surface area contributed by atoms with E-state index in [1.54, 1.807) is 19.0 Å². The molecule has 22 heavy (non-hydrogen) atoms. The minimum Gasteiger partial charge on any atom is -0.349 e. The molecule has 1 heterocycles. The number of carbonyl (C=O) groups excluding carboxylic acids is 1. The molecule has 118 valence electrons. The Morgan fingerprint density at radius 3 is 2.95 bits per heavy atom. The third-order valence-electron chi connectivity index (χ3n) is 3.30. The molecule has 0 aliphatic heterocycles. The fourth-order valence-corrected chi connectivity index (χ4v) is 2.45. The fraction of sp³-hybridized carbons (Fsp3) is 0.375. The van der Waals surface area contributed by atoms with Gasteiger partial charge in [0.25, 0.3) is 0 Å². The molecular weight excluding hydrogens is 344 g/mol. The Hall–Kier alpha value is -1.66. The minimum atomic E-state index is 0.164. The average molecular weight is 365 g/mol. The topological polar surface area (TPSA) is 61.0 Å². The lowest BCUT2D eigenvalue weighted by atomic mass is 10.2. The van der Waals surface area contributed by atoms with E-state index in [2.05, 4.69) is 37.3 Å². The van der Waals surface area contributed by atoms with E-state index < -0.39 is 0 Å². The lowest BCUT2D eigenvalue weighted by Gasteiger charge is -2.09. The zero-order valence-corrected chi connectivity index (χ0v) is 14.5. The summed E-state index contributed by atoms with van der Waals surface area (Å²) in [4.78, 5) is 20.7. The third kappa shape index (κ3) is 4.96. The Labute approximate surface area is 139 Å². The van der Waals surface area contributed by atoms with Crippen LogP contribution in [0.5, 0.6) is 0 Å². The number of aromatic amines is 1. The largest absolute Gasteiger partial charge is 0.349 e. The molecule has 0 bridgehead atoms. The first-order chi connectivity index (χ1) is 10.6. The summed E-state index contributed by atoms with van der Waals surface area (Å²) in [5, 5.41) is 3.30. The van der Waals surface area contributed by atoms with Gasteiger partial charge in [0.2, 0.25) is 5.91 Å². The number of hydrogen-bond donors (Lipinski definition) is 2. The van der Waals surface area contributed by atoms with Gasteiger partial charge in [-0.1, -0.05) is 28.1 Å². The Bertz CT molecular complexity index is 624. The second-order valence-electron chi connectivity index (χ2n) is 5.32. The van der Waals surface area contributed by atoms with Crippen LogP contribution in [0.2, 0.25) is 0 Å². The smallest absolute Gasteiger partial charge is 0.222 e. The van der Waals surface area contributed by atoms with Crippen molar-refractivity contribution in [3.05, 3.63) is 40.8 Å². The first kappa shape index (κ1) is 16.7. The second kappa shape index (κ2) is 8.10. The van der Waals surface area contributed by atoms with Crippen LogP contribution < -0.4 is 5.32 Å². The van der Waals surface area contributed by atoms with Crippen molar-refractivity contribution in [2.24, 2.45) is 0 Å². The van der Waals surface area contributed by atoms with Gasteiger partial charge in [-0.05, 0) is 25.1 Å². The van der Waals surface area contributed by atoms with Gasteiger partial charge in [-0.15, -0.1) is 0 Å². The third-order valence-corrected chi connectivity index (χ3v) is 3.79. The van der Waals surface area contributed by atoms with Crippen molar-refractivity contribution in [3.8, 4) is 11.3 Å². The molecule has 2 rings (SSSR count). The van der Waals surface area contributed by atoms with E-state index >= 15 is 0 Å². The summed E-state index contributed by atoms with van der Waals surface area (Å²) in [6.45, 7) is 1.47. The Morgan fingerprint density at radius 1 is 1.41 bits per heavy atom. The zero-order chi connectivity index (χ0) is 15.9. The predicted molar refractivity (Wildman–Crippen MR) is 91.4 cm³/mol. The van der Waals surface area contributed by atoms with E-state index in [9.17, 15) is 4.79 Å². The Kier molecular flexibility index (Phi) is 6.15.